The molecule has 0 unspecified atom stereocenters. The zero-order valence-electron chi connectivity index (χ0n) is 14.5. The van der Waals surface area contributed by atoms with Gasteiger partial charge in [-0.25, -0.2) is 0 Å². The Hall–Kier alpha value is -0.120. The van der Waals surface area contributed by atoms with Crippen molar-refractivity contribution in [3.63, 3.8) is 0 Å². The fourth-order valence-corrected chi connectivity index (χ4v) is 3.21. The van der Waals surface area contributed by atoms with Crippen LogP contribution in [0.2, 0.25) is 0 Å². The molecular weight excluding hydrogens is 262 g/mol. The van der Waals surface area contributed by atoms with E-state index in [1.54, 1.807) is 0 Å². The van der Waals surface area contributed by atoms with Crippen LogP contribution in [0.1, 0.15) is 85.0 Å². The van der Waals surface area contributed by atoms with Gasteiger partial charge in [0.05, 0.1) is 6.10 Å². The molecule has 1 heterocycles. The van der Waals surface area contributed by atoms with Crippen LogP contribution in [-0.4, -0.2) is 25.0 Å². The van der Waals surface area contributed by atoms with Crippen molar-refractivity contribution in [3.8, 4) is 0 Å². The molecule has 1 fully saturated rings. The van der Waals surface area contributed by atoms with Crippen molar-refractivity contribution in [2.75, 3.05) is 13.2 Å². The van der Waals surface area contributed by atoms with Crippen LogP contribution < -0.4 is 5.73 Å². The SMILES string of the molecule is CCCCCCCCC[C@@H]1OC[C@@H](C)C[C@@]1(N)OCCC. The molecule has 0 spiro atoms. The second-order valence-corrected chi connectivity index (χ2v) is 6.84. The van der Waals surface area contributed by atoms with Gasteiger partial charge in [-0.1, -0.05) is 65.7 Å². The molecule has 0 aromatic rings. The summed E-state index contributed by atoms with van der Waals surface area (Å²) in [6.45, 7) is 8.15. The Kier molecular flexibility index (Phi) is 9.54. The van der Waals surface area contributed by atoms with Crippen LogP contribution in [0, 0.1) is 5.92 Å². The third kappa shape index (κ3) is 7.12. The van der Waals surface area contributed by atoms with Crippen molar-refractivity contribution < 1.29 is 9.47 Å². The van der Waals surface area contributed by atoms with Crippen LogP contribution in [0.3, 0.4) is 0 Å². The molecule has 0 bridgehead atoms. The molecule has 0 radical (unpaired) electrons. The van der Waals surface area contributed by atoms with E-state index in [2.05, 4.69) is 20.8 Å². The number of nitrogens with two attached hydrogens (primary N) is 1. The minimum atomic E-state index is -0.560. The maximum absolute atomic E-state index is 6.51. The topological polar surface area (TPSA) is 44.5 Å². The van der Waals surface area contributed by atoms with Gasteiger partial charge in [0.2, 0.25) is 0 Å². The van der Waals surface area contributed by atoms with Gasteiger partial charge in [-0.3, -0.25) is 0 Å². The maximum atomic E-state index is 6.51. The van der Waals surface area contributed by atoms with Gasteiger partial charge in [0.25, 0.3) is 0 Å². The quantitative estimate of drug-likeness (QED) is 0.447. The Morgan fingerprint density at radius 2 is 1.71 bits per heavy atom. The first-order valence-corrected chi connectivity index (χ1v) is 9.16. The number of hydrogen-bond acceptors (Lipinski definition) is 3. The van der Waals surface area contributed by atoms with E-state index in [0.29, 0.717) is 5.92 Å². The molecule has 21 heavy (non-hydrogen) atoms. The summed E-state index contributed by atoms with van der Waals surface area (Å²) >= 11 is 0. The van der Waals surface area contributed by atoms with Gasteiger partial charge in [0.1, 0.15) is 5.72 Å². The van der Waals surface area contributed by atoms with E-state index in [-0.39, 0.29) is 6.10 Å². The van der Waals surface area contributed by atoms with Gasteiger partial charge in [0, 0.05) is 13.2 Å². The molecule has 1 saturated heterocycles. The predicted octanol–water partition coefficient (Wildman–Crippen LogP) is 4.63. The van der Waals surface area contributed by atoms with Crippen LogP contribution in [0.25, 0.3) is 0 Å². The van der Waals surface area contributed by atoms with Gasteiger partial charge in [-0.15, -0.1) is 0 Å². The minimum Gasteiger partial charge on any atom is -0.373 e. The van der Waals surface area contributed by atoms with Gasteiger partial charge < -0.3 is 15.2 Å². The molecule has 0 amide bonds. The molecular formula is C18H37NO2. The molecule has 3 heteroatoms. The predicted molar refractivity (Wildman–Crippen MR) is 89.3 cm³/mol. The van der Waals surface area contributed by atoms with Crippen LogP contribution in [0.5, 0.6) is 0 Å². The van der Waals surface area contributed by atoms with Crippen molar-refractivity contribution in [2.24, 2.45) is 11.7 Å². The van der Waals surface area contributed by atoms with Crippen molar-refractivity contribution in [2.45, 2.75) is 96.8 Å². The van der Waals surface area contributed by atoms with E-state index in [0.717, 1.165) is 32.5 Å². The smallest absolute Gasteiger partial charge is 0.143 e. The number of hydrogen-bond donors (Lipinski definition) is 1. The Morgan fingerprint density at radius 3 is 2.38 bits per heavy atom. The van der Waals surface area contributed by atoms with E-state index in [4.69, 9.17) is 15.2 Å². The molecule has 3 atom stereocenters. The second-order valence-electron chi connectivity index (χ2n) is 6.84. The Bertz CT molecular complexity index is 260. The van der Waals surface area contributed by atoms with E-state index < -0.39 is 5.72 Å². The third-order valence-electron chi connectivity index (χ3n) is 4.44. The van der Waals surface area contributed by atoms with Crippen molar-refractivity contribution in [1.29, 1.82) is 0 Å². The molecule has 1 aliphatic rings. The van der Waals surface area contributed by atoms with Crippen molar-refractivity contribution >= 4 is 0 Å². The molecule has 0 saturated carbocycles. The first kappa shape index (κ1) is 18.9. The molecule has 126 valence electrons. The molecule has 1 aliphatic heterocycles. The zero-order valence-corrected chi connectivity index (χ0v) is 14.5. The lowest BCUT2D eigenvalue weighted by atomic mass is 9.89. The highest BCUT2D eigenvalue weighted by Crippen LogP contribution is 2.31. The number of rotatable bonds is 11. The Morgan fingerprint density at radius 1 is 1.05 bits per heavy atom. The fourth-order valence-electron chi connectivity index (χ4n) is 3.21. The Labute approximate surface area is 132 Å². The van der Waals surface area contributed by atoms with E-state index >= 15 is 0 Å². The molecule has 2 N–H and O–H groups in total. The largest absolute Gasteiger partial charge is 0.373 e. The van der Waals surface area contributed by atoms with Gasteiger partial charge in [-0.2, -0.15) is 0 Å². The van der Waals surface area contributed by atoms with E-state index in [1.165, 1.54) is 44.9 Å². The van der Waals surface area contributed by atoms with E-state index in [9.17, 15) is 0 Å². The zero-order chi connectivity index (χ0) is 15.6. The average molecular weight is 299 g/mol. The monoisotopic (exact) mass is 299 g/mol. The van der Waals surface area contributed by atoms with Crippen molar-refractivity contribution in [1.82, 2.24) is 0 Å². The third-order valence-corrected chi connectivity index (χ3v) is 4.44. The van der Waals surface area contributed by atoms with Crippen LogP contribution in [-0.2, 0) is 9.47 Å². The Balaban J connectivity index is 2.26. The summed E-state index contributed by atoms with van der Waals surface area (Å²) in [6, 6.07) is 0. The molecule has 0 aromatic carbocycles. The van der Waals surface area contributed by atoms with Crippen LogP contribution in [0.15, 0.2) is 0 Å². The van der Waals surface area contributed by atoms with Gasteiger partial charge in [-0.05, 0) is 25.2 Å². The standard InChI is InChI=1S/C18H37NO2/c1-4-6-7-8-9-10-11-12-17-18(19,21-13-5-2)14-16(3)15-20-17/h16-17H,4-15,19H2,1-3H3/t16-,17-,18+/m0/s1. The minimum absolute atomic E-state index is 0.0795. The summed E-state index contributed by atoms with van der Waals surface area (Å²) in [5.74, 6) is 0.497. The highest BCUT2D eigenvalue weighted by atomic mass is 16.6. The summed E-state index contributed by atoms with van der Waals surface area (Å²) in [5, 5.41) is 0. The van der Waals surface area contributed by atoms with E-state index in [1.807, 2.05) is 0 Å². The normalized spacial score (nSPS) is 29.7. The lowest BCUT2D eigenvalue weighted by Gasteiger charge is -2.43. The van der Waals surface area contributed by atoms with Crippen molar-refractivity contribution in [3.05, 3.63) is 0 Å². The van der Waals surface area contributed by atoms with Gasteiger partial charge >= 0.3 is 0 Å². The van der Waals surface area contributed by atoms with Crippen LogP contribution in [0.4, 0.5) is 0 Å². The fraction of sp³-hybridized carbons (Fsp3) is 1.00. The maximum Gasteiger partial charge on any atom is 0.143 e. The summed E-state index contributed by atoms with van der Waals surface area (Å²) < 4.78 is 12.0. The molecule has 0 aliphatic carbocycles. The summed E-state index contributed by atoms with van der Waals surface area (Å²) in [4.78, 5) is 0. The first-order valence-electron chi connectivity index (χ1n) is 9.16. The van der Waals surface area contributed by atoms with Gasteiger partial charge in [0.15, 0.2) is 0 Å². The lowest BCUT2D eigenvalue weighted by Crippen LogP contribution is -2.58. The highest BCUT2D eigenvalue weighted by Gasteiger charge is 2.41. The van der Waals surface area contributed by atoms with Crippen LogP contribution >= 0.6 is 0 Å². The summed E-state index contributed by atoms with van der Waals surface area (Å²) in [6.07, 6.45) is 12.4. The molecule has 3 nitrogen and oxygen atoms in total. The highest BCUT2D eigenvalue weighted by molar-refractivity contribution is 4.89. The molecule has 0 aromatic heterocycles. The average Bonchev–Trinajstić information content (AvgIpc) is 2.46. The summed E-state index contributed by atoms with van der Waals surface area (Å²) in [7, 11) is 0. The first-order chi connectivity index (χ1) is 10.1. The number of unbranched alkanes of at least 4 members (excludes halogenated alkanes) is 6. The summed E-state index contributed by atoms with van der Waals surface area (Å²) in [5.41, 5.74) is 5.95. The molecule has 1 rings (SSSR count). The second kappa shape index (κ2) is 10.6. The number of ether oxygens (including phenoxy) is 2. The lowest BCUT2D eigenvalue weighted by molar-refractivity contribution is -0.190.